The molecule has 3 aromatic rings. The van der Waals surface area contributed by atoms with Crippen LogP contribution in [0.1, 0.15) is 11.1 Å². The van der Waals surface area contributed by atoms with Gasteiger partial charge in [0.1, 0.15) is 11.3 Å². The Bertz CT molecular complexity index is 992. The summed E-state index contributed by atoms with van der Waals surface area (Å²) < 4.78 is 5.21. The molecule has 140 valence electrons. The fourth-order valence-corrected chi connectivity index (χ4v) is 3.63. The van der Waals surface area contributed by atoms with Crippen LogP contribution in [-0.4, -0.2) is 41.1 Å². The first-order valence-electron chi connectivity index (χ1n) is 9.02. The van der Waals surface area contributed by atoms with Gasteiger partial charge in [-0.2, -0.15) is 0 Å². The average molecular weight is 385 g/mol. The number of halogens is 1. The molecule has 1 aliphatic rings. The minimum Gasteiger partial charge on any atom is -0.507 e. The summed E-state index contributed by atoms with van der Waals surface area (Å²) in [5.74, 6) is -0.0383. The smallest absolute Gasteiger partial charge is 0.339 e. The highest BCUT2D eigenvalue weighted by molar-refractivity contribution is 6.30. The van der Waals surface area contributed by atoms with Gasteiger partial charge in [0.15, 0.2) is 0 Å². The normalized spacial score (nSPS) is 16.0. The van der Waals surface area contributed by atoms with Crippen molar-refractivity contribution in [1.29, 1.82) is 0 Å². The van der Waals surface area contributed by atoms with E-state index in [4.69, 9.17) is 16.0 Å². The highest BCUT2D eigenvalue weighted by Crippen LogP contribution is 2.24. The molecule has 0 unspecified atom stereocenters. The van der Waals surface area contributed by atoms with Gasteiger partial charge in [0.2, 0.25) is 0 Å². The predicted octanol–water partition coefficient (Wildman–Crippen LogP) is 3.47. The summed E-state index contributed by atoms with van der Waals surface area (Å²) >= 11 is 5.95. The van der Waals surface area contributed by atoms with Crippen molar-refractivity contribution in [2.24, 2.45) is 0 Å². The summed E-state index contributed by atoms with van der Waals surface area (Å²) in [7, 11) is 0. The van der Waals surface area contributed by atoms with Gasteiger partial charge < -0.3 is 9.52 Å². The number of aromatic hydroxyl groups is 1. The molecule has 5 nitrogen and oxygen atoms in total. The molecule has 0 atom stereocenters. The fraction of sp³-hybridized carbons (Fsp3) is 0.286. The van der Waals surface area contributed by atoms with E-state index in [2.05, 4.69) is 21.9 Å². The van der Waals surface area contributed by atoms with Gasteiger partial charge in [-0.3, -0.25) is 9.80 Å². The van der Waals surface area contributed by atoms with Gasteiger partial charge in [-0.15, -0.1) is 0 Å². The first-order valence-corrected chi connectivity index (χ1v) is 9.39. The molecule has 0 aliphatic carbocycles. The molecule has 1 fully saturated rings. The van der Waals surface area contributed by atoms with Gasteiger partial charge >= 0.3 is 5.63 Å². The van der Waals surface area contributed by atoms with Crippen molar-refractivity contribution in [3.05, 3.63) is 75.1 Å². The van der Waals surface area contributed by atoms with Crippen molar-refractivity contribution in [3.63, 3.8) is 0 Å². The molecule has 27 heavy (non-hydrogen) atoms. The highest BCUT2D eigenvalue weighted by atomic mass is 35.5. The lowest BCUT2D eigenvalue weighted by molar-refractivity contribution is 0.122. The molecule has 1 N–H and O–H groups in total. The van der Waals surface area contributed by atoms with Crippen molar-refractivity contribution in [2.75, 3.05) is 26.2 Å². The van der Waals surface area contributed by atoms with Gasteiger partial charge in [-0.1, -0.05) is 29.8 Å². The molecule has 0 spiro atoms. The third kappa shape index (κ3) is 4.33. The van der Waals surface area contributed by atoms with E-state index in [0.717, 1.165) is 55.9 Å². The molecular formula is C21H21ClN2O3. The van der Waals surface area contributed by atoms with E-state index in [9.17, 15) is 9.90 Å². The van der Waals surface area contributed by atoms with Gasteiger partial charge in [0, 0.05) is 44.3 Å². The Morgan fingerprint density at radius 1 is 0.889 bits per heavy atom. The molecule has 1 aromatic heterocycles. The summed E-state index contributed by atoms with van der Waals surface area (Å²) in [6.45, 7) is 5.71. The van der Waals surface area contributed by atoms with Crippen LogP contribution >= 0.6 is 11.6 Å². The molecule has 1 aliphatic heterocycles. The van der Waals surface area contributed by atoms with E-state index in [-0.39, 0.29) is 5.75 Å². The van der Waals surface area contributed by atoms with Crippen molar-refractivity contribution in [3.8, 4) is 5.75 Å². The maximum absolute atomic E-state index is 11.5. The lowest BCUT2D eigenvalue weighted by Gasteiger charge is -2.34. The number of hydrogen-bond donors (Lipinski definition) is 1. The number of benzene rings is 2. The van der Waals surface area contributed by atoms with E-state index in [1.165, 1.54) is 5.56 Å². The topological polar surface area (TPSA) is 56.9 Å². The van der Waals surface area contributed by atoms with Crippen LogP contribution in [-0.2, 0) is 13.1 Å². The molecule has 1 saturated heterocycles. The Balaban J connectivity index is 1.37. The number of hydrogen-bond acceptors (Lipinski definition) is 5. The Morgan fingerprint density at radius 3 is 2.15 bits per heavy atom. The van der Waals surface area contributed by atoms with Crippen molar-refractivity contribution < 1.29 is 9.52 Å². The van der Waals surface area contributed by atoms with E-state index in [0.29, 0.717) is 11.0 Å². The molecule has 0 radical (unpaired) electrons. The first-order chi connectivity index (χ1) is 13.1. The number of fused-ring (bicyclic) bond motifs is 1. The molecule has 0 saturated carbocycles. The number of piperazine rings is 1. The van der Waals surface area contributed by atoms with Gasteiger partial charge in [0.05, 0.1) is 11.5 Å². The zero-order chi connectivity index (χ0) is 18.8. The predicted molar refractivity (Wildman–Crippen MR) is 106 cm³/mol. The average Bonchev–Trinajstić information content (AvgIpc) is 2.65. The van der Waals surface area contributed by atoms with Crippen LogP contribution < -0.4 is 5.63 Å². The Labute approximate surface area is 162 Å². The van der Waals surface area contributed by atoms with E-state index < -0.39 is 5.63 Å². The van der Waals surface area contributed by atoms with Crippen LogP contribution in [0.15, 0.2) is 57.7 Å². The summed E-state index contributed by atoms with van der Waals surface area (Å²) in [6, 6.07) is 14.7. The minimum absolute atomic E-state index is 0.0383. The van der Waals surface area contributed by atoms with Gasteiger partial charge in [0.25, 0.3) is 0 Å². The van der Waals surface area contributed by atoms with Crippen LogP contribution in [0.2, 0.25) is 5.02 Å². The monoisotopic (exact) mass is 384 g/mol. The van der Waals surface area contributed by atoms with Crippen LogP contribution in [0, 0.1) is 0 Å². The molecule has 2 heterocycles. The summed E-state index contributed by atoms with van der Waals surface area (Å²) in [4.78, 5) is 16.3. The third-order valence-electron chi connectivity index (χ3n) is 4.98. The van der Waals surface area contributed by atoms with Crippen LogP contribution in [0.3, 0.4) is 0 Å². The Hall–Kier alpha value is -2.34. The fourth-order valence-electron chi connectivity index (χ4n) is 3.50. The van der Waals surface area contributed by atoms with Crippen molar-refractivity contribution in [1.82, 2.24) is 9.80 Å². The Morgan fingerprint density at radius 2 is 1.48 bits per heavy atom. The molecule has 2 aromatic carbocycles. The second-order valence-electron chi connectivity index (χ2n) is 6.96. The third-order valence-corrected chi connectivity index (χ3v) is 5.23. The lowest BCUT2D eigenvalue weighted by Crippen LogP contribution is -2.45. The molecule has 0 bridgehead atoms. The SMILES string of the molecule is O=c1cc(O)c2ccc(CN3CCN(Cc4ccc(Cl)cc4)CC3)cc2o1. The summed E-state index contributed by atoms with van der Waals surface area (Å²) in [5, 5.41) is 11.2. The van der Waals surface area contributed by atoms with Crippen LogP contribution in [0.5, 0.6) is 5.75 Å². The standard InChI is InChI=1S/C21H21ClN2O3/c22-17-4-1-15(2-5-17)13-23-7-9-24(10-8-23)14-16-3-6-18-19(25)12-21(26)27-20(18)11-16/h1-6,11-12,25H,7-10,13-14H2. The van der Waals surface area contributed by atoms with E-state index in [1.807, 2.05) is 24.3 Å². The Kier molecular flexibility index (Phi) is 5.16. The second-order valence-corrected chi connectivity index (χ2v) is 7.40. The van der Waals surface area contributed by atoms with Crippen molar-refractivity contribution in [2.45, 2.75) is 13.1 Å². The quantitative estimate of drug-likeness (QED) is 0.698. The minimum atomic E-state index is -0.534. The van der Waals surface area contributed by atoms with E-state index >= 15 is 0 Å². The number of rotatable bonds is 4. The first kappa shape index (κ1) is 18.0. The largest absolute Gasteiger partial charge is 0.507 e. The van der Waals surface area contributed by atoms with Crippen molar-refractivity contribution >= 4 is 22.6 Å². The molecule has 0 amide bonds. The number of nitrogens with zero attached hydrogens (tertiary/aromatic N) is 2. The molecular weight excluding hydrogens is 364 g/mol. The molecule has 6 heteroatoms. The lowest BCUT2D eigenvalue weighted by atomic mass is 10.1. The molecule has 4 rings (SSSR count). The summed E-state index contributed by atoms with van der Waals surface area (Å²) in [5.41, 5.74) is 2.24. The zero-order valence-electron chi connectivity index (χ0n) is 14.9. The zero-order valence-corrected chi connectivity index (χ0v) is 15.7. The highest BCUT2D eigenvalue weighted by Gasteiger charge is 2.17. The van der Waals surface area contributed by atoms with Crippen LogP contribution in [0.25, 0.3) is 11.0 Å². The maximum Gasteiger partial charge on any atom is 0.339 e. The van der Waals surface area contributed by atoms with E-state index in [1.54, 1.807) is 6.07 Å². The van der Waals surface area contributed by atoms with Gasteiger partial charge in [-0.25, -0.2) is 4.79 Å². The maximum atomic E-state index is 11.5. The van der Waals surface area contributed by atoms with Gasteiger partial charge in [-0.05, 0) is 35.4 Å². The summed E-state index contributed by atoms with van der Waals surface area (Å²) in [6.07, 6.45) is 0. The van der Waals surface area contributed by atoms with Crippen LogP contribution in [0.4, 0.5) is 0 Å². The second kappa shape index (κ2) is 7.72.